The van der Waals surface area contributed by atoms with Crippen LogP contribution in [0.25, 0.3) is 0 Å². The molecule has 0 bridgehead atoms. The van der Waals surface area contributed by atoms with Gasteiger partial charge in [-0.2, -0.15) is 0 Å². The van der Waals surface area contributed by atoms with E-state index in [1.165, 1.54) is 31.3 Å². The lowest BCUT2D eigenvalue weighted by molar-refractivity contribution is 0.0474. The lowest BCUT2D eigenvalue weighted by atomic mass is 9.68. The van der Waals surface area contributed by atoms with Gasteiger partial charge in [0.1, 0.15) is 0 Å². The van der Waals surface area contributed by atoms with Crippen molar-refractivity contribution in [3.63, 3.8) is 0 Å². The molecule has 1 fully saturated rings. The van der Waals surface area contributed by atoms with Crippen LogP contribution in [0.1, 0.15) is 53.4 Å². The first-order chi connectivity index (χ1) is 9.12. The third-order valence-corrected chi connectivity index (χ3v) is 10.7. The van der Waals surface area contributed by atoms with Gasteiger partial charge in [-0.05, 0) is 60.7 Å². The molecule has 2 aliphatic rings. The molecule has 0 N–H and O–H groups in total. The summed E-state index contributed by atoms with van der Waals surface area (Å²) < 4.78 is 6.81. The standard InChI is InChI=1S/C18H32OSi/c1-8-14-10-9-13-18(5)15(14)11-12-16(18)19-20(6,7)17(2,3)4/h8,10,15-16H,1,9,11-13H2,2-7H3/t15?,16-,18-/m0/s1. The van der Waals surface area contributed by atoms with Gasteiger partial charge in [0.25, 0.3) is 0 Å². The van der Waals surface area contributed by atoms with Crippen molar-refractivity contribution in [2.24, 2.45) is 11.3 Å². The van der Waals surface area contributed by atoms with Crippen molar-refractivity contribution in [2.75, 3.05) is 0 Å². The molecule has 0 aromatic rings. The largest absolute Gasteiger partial charge is 0.413 e. The van der Waals surface area contributed by atoms with Crippen LogP contribution < -0.4 is 0 Å². The molecule has 114 valence electrons. The maximum atomic E-state index is 6.81. The van der Waals surface area contributed by atoms with Crippen molar-refractivity contribution in [1.29, 1.82) is 0 Å². The first kappa shape index (κ1) is 16.0. The molecule has 0 radical (unpaired) electrons. The maximum Gasteiger partial charge on any atom is 0.192 e. The summed E-state index contributed by atoms with van der Waals surface area (Å²) in [7, 11) is -1.67. The van der Waals surface area contributed by atoms with Crippen LogP contribution in [0.15, 0.2) is 24.3 Å². The van der Waals surface area contributed by atoms with Crippen molar-refractivity contribution in [3.05, 3.63) is 24.3 Å². The zero-order chi connectivity index (χ0) is 15.2. The quantitative estimate of drug-likeness (QED) is 0.606. The Balaban J connectivity index is 2.21. The van der Waals surface area contributed by atoms with Crippen molar-refractivity contribution in [3.8, 4) is 0 Å². The van der Waals surface area contributed by atoms with Crippen molar-refractivity contribution < 1.29 is 4.43 Å². The molecular weight excluding hydrogens is 260 g/mol. The van der Waals surface area contributed by atoms with Crippen LogP contribution in [-0.2, 0) is 4.43 Å². The van der Waals surface area contributed by atoms with Crippen LogP contribution in [0.4, 0.5) is 0 Å². The topological polar surface area (TPSA) is 9.23 Å². The molecule has 2 rings (SSSR count). The highest BCUT2D eigenvalue weighted by Gasteiger charge is 2.52. The summed E-state index contributed by atoms with van der Waals surface area (Å²) in [6.45, 7) is 18.3. The molecule has 1 nitrogen and oxygen atoms in total. The van der Waals surface area contributed by atoms with E-state index >= 15 is 0 Å². The maximum absolute atomic E-state index is 6.81. The van der Waals surface area contributed by atoms with Crippen molar-refractivity contribution in [1.82, 2.24) is 0 Å². The molecule has 0 aromatic carbocycles. The van der Waals surface area contributed by atoms with Crippen molar-refractivity contribution >= 4 is 8.32 Å². The summed E-state index contributed by atoms with van der Waals surface area (Å²) in [6, 6.07) is 0. The zero-order valence-corrected chi connectivity index (χ0v) is 15.3. The number of rotatable bonds is 3. The Morgan fingerprint density at radius 2 is 2.00 bits per heavy atom. The predicted octanol–water partition coefficient (Wildman–Crippen LogP) is 5.70. The van der Waals surface area contributed by atoms with Gasteiger partial charge >= 0.3 is 0 Å². The van der Waals surface area contributed by atoms with E-state index in [9.17, 15) is 0 Å². The van der Waals surface area contributed by atoms with Crippen LogP contribution in [-0.4, -0.2) is 14.4 Å². The highest BCUT2D eigenvalue weighted by Crippen LogP contribution is 2.55. The van der Waals surface area contributed by atoms with Crippen molar-refractivity contribution in [2.45, 2.75) is 77.6 Å². The normalized spacial score (nSPS) is 34.6. The number of hydrogen-bond acceptors (Lipinski definition) is 1. The molecule has 0 aliphatic heterocycles. The van der Waals surface area contributed by atoms with Gasteiger partial charge in [-0.25, -0.2) is 0 Å². The Hall–Kier alpha value is -0.343. The Morgan fingerprint density at radius 3 is 2.55 bits per heavy atom. The fourth-order valence-corrected chi connectivity index (χ4v) is 5.18. The smallest absolute Gasteiger partial charge is 0.192 e. The van der Waals surface area contributed by atoms with Gasteiger partial charge in [-0.3, -0.25) is 0 Å². The molecule has 0 spiro atoms. The summed E-state index contributed by atoms with van der Waals surface area (Å²) in [5.74, 6) is 0.670. The number of fused-ring (bicyclic) bond motifs is 1. The second kappa shape index (κ2) is 5.13. The summed E-state index contributed by atoms with van der Waals surface area (Å²) in [5.41, 5.74) is 1.80. The van der Waals surface area contributed by atoms with Crippen LogP contribution in [0.5, 0.6) is 0 Å². The second-order valence-electron chi connectivity index (χ2n) is 8.45. The SMILES string of the molecule is C=CC1=CCC[C@@]2(C)C1CC[C@@H]2O[Si](C)(C)C(C)(C)C. The molecule has 20 heavy (non-hydrogen) atoms. The fraction of sp³-hybridized carbons (Fsp3) is 0.778. The highest BCUT2D eigenvalue weighted by molar-refractivity contribution is 6.74. The third-order valence-electron chi connectivity index (χ3n) is 6.19. The molecule has 0 saturated heterocycles. The van der Waals surface area contributed by atoms with Gasteiger partial charge in [0.15, 0.2) is 8.32 Å². The number of allylic oxidation sites excluding steroid dienone is 3. The molecule has 2 heteroatoms. The molecule has 1 saturated carbocycles. The van der Waals surface area contributed by atoms with E-state index in [1.54, 1.807) is 0 Å². The molecule has 0 amide bonds. The van der Waals surface area contributed by atoms with E-state index in [2.05, 4.69) is 59.5 Å². The van der Waals surface area contributed by atoms with Gasteiger partial charge in [0.2, 0.25) is 0 Å². The van der Waals surface area contributed by atoms with Crippen LogP contribution in [0.3, 0.4) is 0 Å². The van der Waals surface area contributed by atoms with Gasteiger partial charge in [-0.15, -0.1) is 0 Å². The number of hydrogen-bond donors (Lipinski definition) is 0. The monoisotopic (exact) mass is 292 g/mol. The van der Waals surface area contributed by atoms with E-state index in [1.807, 2.05) is 0 Å². The lowest BCUT2D eigenvalue weighted by Gasteiger charge is -2.46. The molecular formula is C18H32OSi. The minimum absolute atomic E-state index is 0.299. The molecule has 3 atom stereocenters. The summed E-state index contributed by atoms with van der Waals surface area (Å²) in [5, 5.41) is 0.299. The fourth-order valence-electron chi connectivity index (χ4n) is 3.73. The average Bonchev–Trinajstić information content (AvgIpc) is 2.64. The summed E-state index contributed by atoms with van der Waals surface area (Å²) >= 11 is 0. The predicted molar refractivity (Wildman–Crippen MR) is 90.4 cm³/mol. The summed E-state index contributed by atoms with van der Waals surface area (Å²) in [6.07, 6.45) is 9.87. The minimum atomic E-state index is -1.67. The van der Waals surface area contributed by atoms with E-state index < -0.39 is 8.32 Å². The summed E-state index contributed by atoms with van der Waals surface area (Å²) in [4.78, 5) is 0. The Labute approximate surface area is 126 Å². The zero-order valence-electron chi connectivity index (χ0n) is 14.3. The second-order valence-corrected chi connectivity index (χ2v) is 13.2. The van der Waals surface area contributed by atoms with E-state index in [-0.39, 0.29) is 0 Å². The molecule has 0 aromatic heterocycles. The van der Waals surface area contributed by atoms with Crippen LogP contribution >= 0.6 is 0 Å². The average molecular weight is 293 g/mol. The minimum Gasteiger partial charge on any atom is -0.413 e. The van der Waals surface area contributed by atoms with Gasteiger partial charge in [0, 0.05) is 0 Å². The van der Waals surface area contributed by atoms with Gasteiger partial charge < -0.3 is 4.43 Å². The first-order valence-electron chi connectivity index (χ1n) is 8.12. The molecule has 1 unspecified atom stereocenters. The molecule has 2 aliphatic carbocycles. The molecule has 0 heterocycles. The van der Waals surface area contributed by atoms with E-state index in [0.29, 0.717) is 22.5 Å². The Bertz CT molecular complexity index is 416. The Kier molecular flexibility index (Phi) is 4.12. The van der Waals surface area contributed by atoms with Gasteiger partial charge in [0.05, 0.1) is 6.10 Å². The highest BCUT2D eigenvalue weighted by atomic mass is 28.4. The first-order valence-corrected chi connectivity index (χ1v) is 11.0. The van der Waals surface area contributed by atoms with E-state index in [0.717, 1.165) is 0 Å². The van der Waals surface area contributed by atoms with Crippen LogP contribution in [0, 0.1) is 11.3 Å². The lowest BCUT2D eigenvalue weighted by Crippen LogP contribution is -2.48. The van der Waals surface area contributed by atoms with Gasteiger partial charge in [-0.1, -0.05) is 46.4 Å². The Morgan fingerprint density at radius 1 is 1.35 bits per heavy atom. The van der Waals surface area contributed by atoms with E-state index in [4.69, 9.17) is 4.43 Å². The van der Waals surface area contributed by atoms with Crippen LogP contribution in [0.2, 0.25) is 18.1 Å². The third kappa shape index (κ3) is 2.57.